The van der Waals surface area contributed by atoms with Crippen molar-refractivity contribution in [1.82, 2.24) is 4.98 Å². The van der Waals surface area contributed by atoms with E-state index in [-0.39, 0.29) is 6.42 Å². The van der Waals surface area contributed by atoms with Crippen LogP contribution in [0, 0.1) is 0 Å². The zero-order valence-electron chi connectivity index (χ0n) is 8.44. The van der Waals surface area contributed by atoms with Crippen molar-refractivity contribution in [3.8, 4) is 0 Å². The van der Waals surface area contributed by atoms with Crippen LogP contribution in [0.25, 0.3) is 0 Å². The van der Waals surface area contributed by atoms with Crippen LogP contribution < -0.4 is 5.32 Å². The van der Waals surface area contributed by atoms with E-state index in [9.17, 15) is 4.79 Å². The van der Waals surface area contributed by atoms with Gasteiger partial charge in [-0.1, -0.05) is 0 Å². The predicted octanol–water partition coefficient (Wildman–Crippen LogP) is 1.67. The standard InChI is InChI=1S/C11H14N2O2/c14-11(15)4-3-9-7-10(5-6-12-9)13-8-1-2-8/h5-8H,1-4H2,(H,12,13)(H,14,15). The third-order valence-corrected chi connectivity index (χ3v) is 2.36. The second-order valence-corrected chi connectivity index (χ2v) is 3.85. The van der Waals surface area contributed by atoms with Gasteiger partial charge < -0.3 is 10.4 Å². The molecule has 0 radical (unpaired) electrons. The van der Waals surface area contributed by atoms with Gasteiger partial charge >= 0.3 is 5.97 Å². The van der Waals surface area contributed by atoms with E-state index >= 15 is 0 Å². The molecule has 0 amide bonds. The lowest BCUT2D eigenvalue weighted by Crippen LogP contribution is -2.03. The summed E-state index contributed by atoms with van der Waals surface area (Å²) in [6, 6.07) is 4.46. The molecule has 1 saturated carbocycles. The largest absolute Gasteiger partial charge is 0.481 e. The maximum atomic E-state index is 10.4. The average Bonchev–Trinajstić information content (AvgIpc) is 2.99. The molecule has 0 unspecified atom stereocenters. The van der Waals surface area contributed by atoms with Crippen LogP contribution >= 0.6 is 0 Å². The first-order valence-corrected chi connectivity index (χ1v) is 5.17. The molecule has 1 heterocycles. The fourth-order valence-corrected chi connectivity index (χ4v) is 1.40. The van der Waals surface area contributed by atoms with Crippen LogP contribution in [-0.4, -0.2) is 22.1 Å². The predicted molar refractivity (Wildman–Crippen MR) is 56.8 cm³/mol. The van der Waals surface area contributed by atoms with Gasteiger partial charge in [-0.15, -0.1) is 0 Å². The quantitative estimate of drug-likeness (QED) is 0.769. The molecule has 0 spiro atoms. The van der Waals surface area contributed by atoms with E-state index in [0.717, 1.165) is 11.4 Å². The highest BCUT2D eigenvalue weighted by molar-refractivity contribution is 5.67. The number of carboxylic acid groups (broad SMARTS) is 1. The second-order valence-electron chi connectivity index (χ2n) is 3.85. The molecular weight excluding hydrogens is 192 g/mol. The minimum absolute atomic E-state index is 0.139. The van der Waals surface area contributed by atoms with Crippen molar-refractivity contribution >= 4 is 11.7 Å². The van der Waals surface area contributed by atoms with Crippen LogP contribution in [0.2, 0.25) is 0 Å². The molecule has 1 aliphatic rings. The number of nitrogens with zero attached hydrogens (tertiary/aromatic N) is 1. The molecule has 1 aliphatic carbocycles. The summed E-state index contributed by atoms with van der Waals surface area (Å²) in [5.41, 5.74) is 1.89. The molecule has 0 aliphatic heterocycles. The molecule has 1 aromatic heterocycles. The molecular formula is C11H14N2O2. The fraction of sp³-hybridized carbons (Fsp3) is 0.455. The summed E-state index contributed by atoms with van der Waals surface area (Å²) in [4.78, 5) is 14.5. The number of aliphatic carboxylic acids is 1. The Morgan fingerprint density at radius 1 is 1.60 bits per heavy atom. The normalized spacial score (nSPS) is 14.9. The highest BCUT2D eigenvalue weighted by atomic mass is 16.4. The lowest BCUT2D eigenvalue weighted by atomic mass is 10.2. The van der Waals surface area contributed by atoms with E-state index in [1.807, 2.05) is 12.1 Å². The molecule has 80 valence electrons. The van der Waals surface area contributed by atoms with Crippen LogP contribution in [0.1, 0.15) is 25.0 Å². The van der Waals surface area contributed by atoms with E-state index < -0.39 is 5.97 Å². The van der Waals surface area contributed by atoms with Crippen LogP contribution in [0.5, 0.6) is 0 Å². The number of anilines is 1. The number of pyridine rings is 1. The molecule has 4 heteroatoms. The summed E-state index contributed by atoms with van der Waals surface area (Å²) in [5.74, 6) is -0.780. The van der Waals surface area contributed by atoms with Crippen molar-refractivity contribution < 1.29 is 9.90 Å². The van der Waals surface area contributed by atoms with Gasteiger partial charge in [-0.25, -0.2) is 0 Å². The van der Waals surface area contributed by atoms with Crippen molar-refractivity contribution in [1.29, 1.82) is 0 Å². The van der Waals surface area contributed by atoms with Gasteiger partial charge in [0.2, 0.25) is 0 Å². The van der Waals surface area contributed by atoms with Crippen molar-refractivity contribution in [2.75, 3.05) is 5.32 Å². The molecule has 15 heavy (non-hydrogen) atoms. The third kappa shape index (κ3) is 3.23. The monoisotopic (exact) mass is 206 g/mol. The zero-order valence-corrected chi connectivity index (χ0v) is 8.44. The Balaban J connectivity index is 1.94. The molecule has 2 N–H and O–H groups in total. The van der Waals surface area contributed by atoms with Crippen molar-refractivity contribution in [2.24, 2.45) is 0 Å². The number of hydrogen-bond acceptors (Lipinski definition) is 3. The number of carbonyl (C=O) groups is 1. The van der Waals surface area contributed by atoms with Crippen LogP contribution in [0.3, 0.4) is 0 Å². The van der Waals surface area contributed by atoms with Gasteiger partial charge in [-0.2, -0.15) is 0 Å². The van der Waals surface area contributed by atoms with Gasteiger partial charge in [0, 0.05) is 30.0 Å². The van der Waals surface area contributed by atoms with Crippen LogP contribution in [0.15, 0.2) is 18.3 Å². The summed E-state index contributed by atoms with van der Waals surface area (Å²) in [6.07, 6.45) is 4.82. The minimum Gasteiger partial charge on any atom is -0.481 e. The number of aryl methyl sites for hydroxylation is 1. The molecule has 2 rings (SSSR count). The molecule has 1 aromatic rings. The Morgan fingerprint density at radius 2 is 2.40 bits per heavy atom. The smallest absolute Gasteiger partial charge is 0.303 e. The first kappa shape index (κ1) is 9.96. The van der Waals surface area contributed by atoms with E-state index in [2.05, 4.69) is 10.3 Å². The SMILES string of the molecule is O=C(O)CCc1cc(NC2CC2)ccn1. The van der Waals surface area contributed by atoms with Gasteiger partial charge in [0.05, 0.1) is 6.42 Å². The second kappa shape index (κ2) is 4.29. The summed E-state index contributed by atoms with van der Waals surface area (Å²) in [5, 5.41) is 11.9. The molecule has 0 saturated heterocycles. The Labute approximate surface area is 88.3 Å². The summed E-state index contributed by atoms with van der Waals surface area (Å²) >= 11 is 0. The van der Waals surface area contributed by atoms with E-state index in [4.69, 9.17) is 5.11 Å². The Bertz CT molecular complexity index is 361. The number of hydrogen-bond donors (Lipinski definition) is 2. The zero-order chi connectivity index (χ0) is 10.7. The van der Waals surface area contributed by atoms with Crippen LogP contribution in [-0.2, 0) is 11.2 Å². The maximum Gasteiger partial charge on any atom is 0.303 e. The maximum absolute atomic E-state index is 10.4. The third-order valence-electron chi connectivity index (χ3n) is 2.36. The van der Waals surface area contributed by atoms with Crippen molar-refractivity contribution in [2.45, 2.75) is 31.7 Å². The topological polar surface area (TPSA) is 62.2 Å². The Hall–Kier alpha value is -1.58. The fourth-order valence-electron chi connectivity index (χ4n) is 1.40. The lowest BCUT2D eigenvalue weighted by molar-refractivity contribution is -0.136. The first-order valence-electron chi connectivity index (χ1n) is 5.17. The van der Waals surface area contributed by atoms with Crippen molar-refractivity contribution in [3.63, 3.8) is 0 Å². The summed E-state index contributed by atoms with van der Waals surface area (Å²) in [7, 11) is 0. The van der Waals surface area contributed by atoms with Gasteiger partial charge in [0.15, 0.2) is 0 Å². The van der Waals surface area contributed by atoms with Gasteiger partial charge in [0.1, 0.15) is 0 Å². The summed E-state index contributed by atoms with van der Waals surface area (Å²) in [6.45, 7) is 0. The average molecular weight is 206 g/mol. The van der Waals surface area contributed by atoms with E-state index in [0.29, 0.717) is 12.5 Å². The number of rotatable bonds is 5. The molecule has 0 bridgehead atoms. The number of aromatic nitrogens is 1. The first-order chi connectivity index (χ1) is 7.24. The van der Waals surface area contributed by atoms with E-state index in [1.165, 1.54) is 12.8 Å². The minimum atomic E-state index is -0.780. The van der Waals surface area contributed by atoms with Crippen LogP contribution in [0.4, 0.5) is 5.69 Å². The Kier molecular flexibility index (Phi) is 2.85. The number of carboxylic acids is 1. The highest BCUT2D eigenvalue weighted by Crippen LogP contribution is 2.24. The summed E-state index contributed by atoms with van der Waals surface area (Å²) < 4.78 is 0. The lowest BCUT2D eigenvalue weighted by Gasteiger charge is -2.05. The van der Waals surface area contributed by atoms with Gasteiger partial charge in [-0.05, 0) is 25.0 Å². The molecule has 0 aromatic carbocycles. The molecule has 0 atom stereocenters. The van der Waals surface area contributed by atoms with E-state index in [1.54, 1.807) is 6.20 Å². The van der Waals surface area contributed by atoms with Crippen molar-refractivity contribution in [3.05, 3.63) is 24.0 Å². The van der Waals surface area contributed by atoms with Gasteiger partial charge in [-0.3, -0.25) is 9.78 Å². The molecule has 4 nitrogen and oxygen atoms in total. The highest BCUT2D eigenvalue weighted by Gasteiger charge is 2.20. The van der Waals surface area contributed by atoms with Gasteiger partial charge in [0.25, 0.3) is 0 Å². The molecule has 1 fully saturated rings. The Morgan fingerprint density at radius 3 is 3.07 bits per heavy atom. The number of nitrogens with one attached hydrogen (secondary N) is 1.